The molecule has 0 aromatic rings. The highest BCUT2D eigenvalue weighted by atomic mass is 15.1. The molecule has 0 spiro atoms. The SMILES string of the molecule is [CH]CCCC(C)CN(CC)CC(C)CCC[CH]. The molecule has 1 nitrogen and oxygen atoms in total. The van der Waals surface area contributed by atoms with Crippen molar-refractivity contribution in [1.29, 1.82) is 0 Å². The maximum absolute atomic E-state index is 5.55. The molecule has 0 heterocycles. The molecule has 2 unspecified atom stereocenters. The molecular weight excluding hydrogens is 206 g/mol. The largest absolute Gasteiger partial charge is 0.303 e. The van der Waals surface area contributed by atoms with Crippen LogP contribution >= 0.6 is 0 Å². The summed E-state index contributed by atoms with van der Waals surface area (Å²) in [6, 6.07) is 0. The zero-order chi connectivity index (χ0) is 13.1. The Morgan fingerprint density at radius 1 is 0.882 bits per heavy atom. The summed E-state index contributed by atoms with van der Waals surface area (Å²) < 4.78 is 0. The van der Waals surface area contributed by atoms with Crippen molar-refractivity contribution in [3.63, 3.8) is 0 Å². The maximum Gasteiger partial charge on any atom is 0.000702 e. The van der Waals surface area contributed by atoms with Crippen LogP contribution in [0.1, 0.15) is 59.3 Å². The lowest BCUT2D eigenvalue weighted by Gasteiger charge is -2.27. The van der Waals surface area contributed by atoms with Gasteiger partial charge in [0.05, 0.1) is 0 Å². The summed E-state index contributed by atoms with van der Waals surface area (Å²) in [6.07, 6.45) is 6.46. The Morgan fingerprint density at radius 3 is 1.59 bits per heavy atom. The van der Waals surface area contributed by atoms with Gasteiger partial charge >= 0.3 is 0 Å². The minimum atomic E-state index is 0.764. The molecule has 4 radical (unpaired) electrons. The van der Waals surface area contributed by atoms with Crippen molar-refractivity contribution in [1.82, 2.24) is 4.90 Å². The predicted octanol–water partition coefficient (Wildman–Crippen LogP) is 4.34. The van der Waals surface area contributed by atoms with Crippen LogP contribution in [0.3, 0.4) is 0 Å². The van der Waals surface area contributed by atoms with E-state index in [0.29, 0.717) is 0 Å². The molecule has 17 heavy (non-hydrogen) atoms. The van der Waals surface area contributed by atoms with Gasteiger partial charge in [-0.2, -0.15) is 0 Å². The molecule has 0 bridgehead atoms. The molecule has 0 saturated heterocycles. The predicted molar refractivity (Wildman–Crippen MR) is 76.7 cm³/mol. The normalized spacial score (nSPS) is 15.2. The Hall–Kier alpha value is -0.0400. The van der Waals surface area contributed by atoms with E-state index in [0.717, 1.165) is 44.1 Å². The fraction of sp³-hybridized carbons (Fsp3) is 0.875. The van der Waals surface area contributed by atoms with E-state index in [2.05, 4.69) is 25.7 Å². The van der Waals surface area contributed by atoms with Crippen LogP contribution in [0.15, 0.2) is 0 Å². The summed E-state index contributed by atoms with van der Waals surface area (Å²) in [5.41, 5.74) is 0. The second-order valence-corrected chi connectivity index (χ2v) is 5.42. The molecule has 0 rings (SSSR count). The number of unbranched alkanes of at least 4 members (excludes halogenated alkanes) is 2. The molecule has 1 heteroatoms. The lowest BCUT2D eigenvalue weighted by molar-refractivity contribution is 0.207. The van der Waals surface area contributed by atoms with Crippen molar-refractivity contribution in [3.8, 4) is 0 Å². The highest BCUT2D eigenvalue weighted by molar-refractivity contribution is 4.66. The van der Waals surface area contributed by atoms with Crippen molar-refractivity contribution in [3.05, 3.63) is 13.8 Å². The molecule has 0 aliphatic rings. The molecule has 0 aromatic heterocycles. The van der Waals surface area contributed by atoms with E-state index in [9.17, 15) is 0 Å². The lowest BCUT2D eigenvalue weighted by Crippen LogP contribution is -2.32. The van der Waals surface area contributed by atoms with E-state index in [1.165, 1.54) is 25.9 Å². The quantitative estimate of drug-likeness (QED) is 0.516. The Morgan fingerprint density at radius 2 is 1.29 bits per heavy atom. The van der Waals surface area contributed by atoms with Gasteiger partial charge in [0, 0.05) is 13.1 Å². The van der Waals surface area contributed by atoms with E-state index in [1.807, 2.05) is 0 Å². The standard InChI is InChI=1S/C16H31N/c1-6-9-11-15(4)13-17(8-3)14-16(5)12-10-7-2/h1-2,15-16H,6-14H2,3-5H3. The lowest BCUT2D eigenvalue weighted by atomic mass is 10.0. The minimum absolute atomic E-state index is 0.764. The van der Waals surface area contributed by atoms with Gasteiger partial charge in [0.25, 0.3) is 0 Å². The van der Waals surface area contributed by atoms with Gasteiger partial charge in [-0.15, -0.1) is 0 Å². The van der Waals surface area contributed by atoms with Gasteiger partial charge in [-0.25, -0.2) is 0 Å². The maximum atomic E-state index is 5.55. The average molecular weight is 237 g/mol. The van der Waals surface area contributed by atoms with Crippen LogP contribution in [-0.4, -0.2) is 24.5 Å². The van der Waals surface area contributed by atoms with E-state index in [4.69, 9.17) is 13.8 Å². The third kappa shape index (κ3) is 9.64. The average Bonchev–Trinajstić information content (AvgIpc) is 2.32. The highest BCUT2D eigenvalue weighted by Gasteiger charge is 2.11. The Labute approximate surface area is 110 Å². The number of hydrogen-bond donors (Lipinski definition) is 0. The minimum Gasteiger partial charge on any atom is -0.303 e. The van der Waals surface area contributed by atoms with Gasteiger partial charge in [0.2, 0.25) is 0 Å². The second kappa shape index (κ2) is 11.1. The summed E-state index contributed by atoms with van der Waals surface area (Å²) in [6.45, 7) is 21.6. The number of nitrogens with zero attached hydrogens (tertiary/aromatic N) is 1. The first kappa shape index (κ1) is 17.0. The molecule has 0 saturated carbocycles. The van der Waals surface area contributed by atoms with Crippen molar-refractivity contribution < 1.29 is 0 Å². The fourth-order valence-corrected chi connectivity index (χ4v) is 2.33. The molecule has 0 aliphatic heterocycles. The first-order valence-electron chi connectivity index (χ1n) is 7.26. The topological polar surface area (TPSA) is 3.24 Å². The van der Waals surface area contributed by atoms with E-state index < -0.39 is 0 Å². The van der Waals surface area contributed by atoms with Crippen LogP contribution in [0, 0.1) is 25.7 Å². The first-order valence-corrected chi connectivity index (χ1v) is 7.26. The summed E-state index contributed by atoms with van der Waals surface area (Å²) in [4.78, 5) is 2.57. The summed E-state index contributed by atoms with van der Waals surface area (Å²) in [7, 11) is 0. The van der Waals surface area contributed by atoms with Gasteiger partial charge in [-0.1, -0.05) is 33.6 Å². The summed E-state index contributed by atoms with van der Waals surface area (Å²) >= 11 is 0. The van der Waals surface area contributed by atoms with Crippen LogP contribution in [0.2, 0.25) is 0 Å². The van der Waals surface area contributed by atoms with Crippen LogP contribution in [-0.2, 0) is 0 Å². The Kier molecular flexibility index (Phi) is 11.0. The number of hydrogen-bond acceptors (Lipinski definition) is 1. The van der Waals surface area contributed by atoms with Crippen molar-refractivity contribution in [2.24, 2.45) is 11.8 Å². The van der Waals surface area contributed by atoms with E-state index in [-0.39, 0.29) is 0 Å². The van der Waals surface area contributed by atoms with Crippen LogP contribution in [0.25, 0.3) is 0 Å². The van der Waals surface area contributed by atoms with Crippen LogP contribution in [0.5, 0.6) is 0 Å². The van der Waals surface area contributed by atoms with Crippen molar-refractivity contribution in [2.75, 3.05) is 19.6 Å². The fourth-order valence-electron chi connectivity index (χ4n) is 2.33. The van der Waals surface area contributed by atoms with Gasteiger partial charge in [0.15, 0.2) is 0 Å². The van der Waals surface area contributed by atoms with Gasteiger partial charge in [0.1, 0.15) is 0 Å². The molecule has 0 fully saturated rings. The smallest absolute Gasteiger partial charge is 0.000702 e. The third-order valence-corrected chi connectivity index (χ3v) is 3.39. The van der Waals surface area contributed by atoms with Crippen LogP contribution in [0.4, 0.5) is 0 Å². The molecule has 0 aromatic carbocycles. The van der Waals surface area contributed by atoms with Gasteiger partial charge in [-0.05, 0) is 57.9 Å². The summed E-state index contributed by atoms with van der Waals surface area (Å²) in [5, 5.41) is 0. The van der Waals surface area contributed by atoms with Crippen molar-refractivity contribution >= 4 is 0 Å². The zero-order valence-electron chi connectivity index (χ0n) is 12.1. The molecular formula is C16H31N. The molecule has 0 aliphatic carbocycles. The van der Waals surface area contributed by atoms with E-state index >= 15 is 0 Å². The zero-order valence-corrected chi connectivity index (χ0v) is 12.1. The second-order valence-electron chi connectivity index (χ2n) is 5.42. The molecule has 100 valence electrons. The first-order chi connectivity index (χ1) is 8.13. The van der Waals surface area contributed by atoms with Crippen LogP contribution < -0.4 is 0 Å². The van der Waals surface area contributed by atoms with Crippen molar-refractivity contribution in [2.45, 2.75) is 59.3 Å². The number of rotatable bonds is 11. The van der Waals surface area contributed by atoms with Gasteiger partial charge < -0.3 is 4.90 Å². The molecule has 0 amide bonds. The molecule has 2 atom stereocenters. The Bertz CT molecular complexity index is 140. The Balaban J connectivity index is 3.81. The highest BCUT2D eigenvalue weighted by Crippen LogP contribution is 2.13. The third-order valence-electron chi connectivity index (χ3n) is 3.39. The summed E-state index contributed by atoms with van der Waals surface area (Å²) in [5.74, 6) is 1.53. The monoisotopic (exact) mass is 237 g/mol. The van der Waals surface area contributed by atoms with Gasteiger partial charge in [-0.3, -0.25) is 0 Å². The molecule has 0 N–H and O–H groups in total. The van der Waals surface area contributed by atoms with E-state index in [1.54, 1.807) is 0 Å².